The summed E-state index contributed by atoms with van der Waals surface area (Å²) in [7, 11) is 0. The van der Waals surface area contributed by atoms with Crippen molar-refractivity contribution in [1.82, 2.24) is 19.5 Å². The third kappa shape index (κ3) is 4.40. The van der Waals surface area contributed by atoms with E-state index in [2.05, 4.69) is 21.0 Å². The van der Waals surface area contributed by atoms with Gasteiger partial charge in [-0.25, -0.2) is 4.79 Å². The Morgan fingerprint density at radius 2 is 2.16 bits per heavy atom. The van der Waals surface area contributed by atoms with Crippen LogP contribution in [0.2, 0.25) is 0 Å². The second-order valence-corrected chi connectivity index (χ2v) is 7.42. The van der Waals surface area contributed by atoms with Crippen LogP contribution in [0.3, 0.4) is 0 Å². The number of aromatic nitrogens is 4. The molecule has 0 N–H and O–H groups in total. The van der Waals surface area contributed by atoms with Gasteiger partial charge in [-0.15, -0.1) is 0 Å². The summed E-state index contributed by atoms with van der Waals surface area (Å²) in [5, 5.41) is 0. The number of ether oxygens (including phenoxy) is 3. The molecule has 0 bridgehead atoms. The molecule has 4 heterocycles. The number of fused-ring (bicyclic) bond motifs is 3. The zero-order chi connectivity index (χ0) is 21.0. The van der Waals surface area contributed by atoms with Crippen molar-refractivity contribution in [3.05, 3.63) is 70.2 Å². The van der Waals surface area contributed by atoms with Crippen molar-refractivity contribution in [3.8, 4) is 17.1 Å². The van der Waals surface area contributed by atoms with E-state index in [9.17, 15) is 4.79 Å². The highest BCUT2D eigenvalue weighted by Gasteiger charge is 2.20. The van der Waals surface area contributed by atoms with E-state index in [1.165, 1.54) is 5.56 Å². The summed E-state index contributed by atoms with van der Waals surface area (Å²) < 4.78 is 18.4. The molecule has 0 aliphatic carbocycles. The molecule has 0 unspecified atom stereocenters. The molecule has 5 rings (SSSR count). The Morgan fingerprint density at radius 3 is 3.00 bits per heavy atom. The predicted octanol–water partition coefficient (Wildman–Crippen LogP) is 2.22. The Kier molecular flexibility index (Phi) is 5.56. The second kappa shape index (κ2) is 8.79. The number of aryl methyl sites for hydroxylation is 1. The van der Waals surface area contributed by atoms with Crippen LogP contribution < -0.4 is 10.4 Å². The standard InChI is InChI=1S/C23H22N4O4/c28-23-26-22(31-15-19-14-29-9-10-30-19)12-21-20-4-2-16(11-17(20)5-8-27(21)23)1-3-18-13-24-6-7-25-18/h1-4,6-7,11-13,19H,5,8-10,14-15H2/b3-1+/t19-/m0/s1. The number of benzene rings is 1. The van der Waals surface area contributed by atoms with Crippen molar-refractivity contribution in [2.45, 2.75) is 19.1 Å². The van der Waals surface area contributed by atoms with Crippen LogP contribution in [0.25, 0.3) is 23.4 Å². The van der Waals surface area contributed by atoms with Crippen molar-refractivity contribution in [2.75, 3.05) is 26.4 Å². The molecule has 31 heavy (non-hydrogen) atoms. The van der Waals surface area contributed by atoms with Crippen molar-refractivity contribution < 1.29 is 14.2 Å². The van der Waals surface area contributed by atoms with Crippen LogP contribution in [0.1, 0.15) is 16.8 Å². The molecule has 8 nitrogen and oxygen atoms in total. The van der Waals surface area contributed by atoms with E-state index in [4.69, 9.17) is 14.2 Å². The van der Waals surface area contributed by atoms with E-state index in [0.717, 1.165) is 28.9 Å². The fraction of sp³-hybridized carbons (Fsp3) is 0.304. The van der Waals surface area contributed by atoms with E-state index < -0.39 is 0 Å². The SMILES string of the molecule is O=c1nc(OC[C@@H]2COCCO2)cc2n1CCc1cc(/C=C/c3cnccn3)ccc1-2. The molecule has 0 radical (unpaired) electrons. The lowest BCUT2D eigenvalue weighted by molar-refractivity contribution is -0.102. The maximum absolute atomic E-state index is 12.6. The van der Waals surface area contributed by atoms with E-state index >= 15 is 0 Å². The highest BCUT2D eigenvalue weighted by molar-refractivity contribution is 5.73. The zero-order valence-electron chi connectivity index (χ0n) is 16.9. The average molecular weight is 418 g/mol. The summed E-state index contributed by atoms with van der Waals surface area (Å²) >= 11 is 0. The largest absolute Gasteiger partial charge is 0.475 e. The molecule has 2 aromatic heterocycles. The molecule has 8 heteroatoms. The highest BCUT2D eigenvalue weighted by atomic mass is 16.6. The van der Waals surface area contributed by atoms with E-state index in [1.54, 1.807) is 23.2 Å². The van der Waals surface area contributed by atoms with Gasteiger partial charge in [0.25, 0.3) is 0 Å². The van der Waals surface area contributed by atoms with Gasteiger partial charge in [-0.2, -0.15) is 4.98 Å². The molecule has 1 saturated heterocycles. The lowest BCUT2D eigenvalue weighted by Gasteiger charge is -2.24. The fourth-order valence-corrected chi connectivity index (χ4v) is 3.79. The van der Waals surface area contributed by atoms with E-state index in [0.29, 0.717) is 38.9 Å². The lowest BCUT2D eigenvalue weighted by Crippen LogP contribution is -2.34. The molecule has 1 aromatic carbocycles. The summed E-state index contributed by atoms with van der Waals surface area (Å²) in [5.74, 6) is 0.310. The Bertz CT molecular complexity index is 1150. The summed E-state index contributed by atoms with van der Waals surface area (Å²) in [6.07, 6.45) is 9.61. The van der Waals surface area contributed by atoms with Crippen molar-refractivity contribution in [1.29, 1.82) is 0 Å². The summed E-state index contributed by atoms with van der Waals surface area (Å²) in [6.45, 7) is 2.52. The van der Waals surface area contributed by atoms with Gasteiger partial charge in [-0.05, 0) is 23.6 Å². The minimum absolute atomic E-state index is 0.148. The number of nitrogens with zero attached hydrogens (tertiary/aromatic N) is 4. The maximum Gasteiger partial charge on any atom is 0.351 e. The molecular formula is C23H22N4O4. The average Bonchev–Trinajstić information content (AvgIpc) is 2.82. The molecule has 2 aliphatic heterocycles. The van der Waals surface area contributed by atoms with Gasteiger partial charge in [0.2, 0.25) is 5.88 Å². The number of hydrogen-bond donors (Lipinski definition) is 0. The molecule has 0 amide bonds. The van der Waals surface area contributed by atoms with Crippen LogP contribution in [0.4, 0.5) is 0 Å². The number of hydrogen-bond acceptors (Lipinski definition) is 7. The van der Waals surface area contributed by atoms with Gasteiger partial charge in [-0.1, -0.05) is 24.3 Å². The minimum atomic E-state index is -0.300. The van der Waals surface area contributed by atoms with Crippen LogP contribution in [-0.4, -0.2) is 52.1 Å². The summed E-state index contributed by atoms with van der Waals surface area (Å²) in [4.78, 5) is 25.0. The van der Waals surface area contributed by atoms with Crippen molar-refractivity contribution in [3.63, 3.8) is 0 Å². The molecule has 0 spiro atoms. The van der Waals surface area contributed by atoms with Gasteiger partial charge >= 0.3 is 5.69 Å². The first-order valence-corrected chi connectivity index (χ1v) is 10.3. The van der Waals surface area contributed by atoms with Crippen LogP contribution >= 0.6 is 0 Å². The smallest absolute Gasteiger partial charge is 0.351 e. The molecule has 3 aromatic rings. The zero-order valence-corrected chi connectivity index (χ0v) is 16.9. The molecule has 2 aliphatic rings. The Labute approximate surface area is 179 Å². The van der Waals surface area contributed by atoms with E-state index in [1.807, 2.05) is 30.4 Å². The quantitative estimate of drug-likeness (QED) is 0.628. The highest BCUT2D eigenvalue weighted by Crippen LogP contribution is 2.30. The second-order valence-electron chi connectivity index (χ2n) is 7.42. The monoisotopic (exact) mass is 418 g/mol. The summed E-state index contributed by atoms with van der Waals surface area (Å²) in [5.41, 5.74) is 4.59. The Morgan fingerprint density at radius 1 is 1.19 bits per heavy atom. The molecular weight excluding hydrogens is 396 g/mol. The first-order valence-electron chi connectivity index (χ1n) is 10.3. The molecule has 1 atom stereocenters. The third-order valence-electron chi connectivity index (χ3n) is 5.33. The third-order valence-corrected chi connectivity index (χ3v) is 5.33. The first-order chi connectivity index (χ1) is 15.3. The maximum atomic E-state index is 12.6. The van der Waals surface area contributed by atoms with Gasteiger partial charge in [0.05, 0.1) is 37.4 Å². The van der Waals surface area contributed by atoms with Crippen LogP contribution in [0.5, 0.6) is 5.88 Å². The van der Waals surface area contributed by atoms with Crippen LogP contribution in [-0.2, 0) is 22.4 Å². The normalized spacial score (nSPS) is 17.9. The van der Waals surface area contributed by atoms with E-state index in [-0.39, 0.29) is 11.8 Å². The molecule has 0 saturated carbocycles. The Balaban J connectivity index is 1.39. The first kappa shape index (κ1) is 19.6. The Hall–Kier alpha value is -3.36. The van der Waals surface area contributed by atoms with Gasteiger partial charge < -0.3 is 14.2 Å². The molecule has 158 valence electrons. The predicted molar refractivity (Wildman–Crippen MR) is 115 cm³/mol. The van der Waals surface area contributed by atoms with Crippen LogP contribution in [0, 0.1) is 0 Å². The van der Waals surface area contributed by atoms with Gasteiger partial charge in [0.15, 0.2) is 0 Å². The van der Waals surface area contributed by atoms with Gasteiger partial charge in [-0.3, -0.25) is 14.5 Å². The fourth-order valence-electron chi connectivity index (χ4n) is 3.79. The minimum Gasteiger partial charge on any atom is -0.475 e. The number of rotatable bonds is 5. The van der Waals surface area contributed by atoms with Gasteiger partial charge in [0, 0.05) is 30.6 Å². The summed E-state index contributed by atoms with van der Waals surface area (Å²) in [6, 6.07) is 8.04. The van der Waals surface area contributed by atoms with Gasteiger partial charge in [0.1, 0.15) is 12.7 Å². The van der Waals surface area contributed by atoms with Crippen molar-refractivity contribution in [2.24, 2.45) is 0 Å². The topological polar surface area (TPSA) is 88.4 Å². The lowest BCUT2D eigenvalue weighted by atomic mass is 9.95. The van der Waals surface area contributed by atoms with Crippen molar-refractivity contribution >= 4 is 12.2 Å². The van der Waals surface area contributed by atoms with Crippen LogP contribution in [0.15, 0.2) is 47.7 Å². The molecule has 1 fully saturated rings.